The monoisotopic (exact) mass is 171 g/mol. The van der Waals surface area contributed by atoms with Crippen molar-refractivity contribution in [3.05, 3.63) is 12.2 Å². The maximum atomic E-state index is 9.21. The summed E-state index contributed by atoms with van der Waals surface area (Å²) in [5, 5.41) is 9.21. The molecule has 0 aromatic carbocycles. The predicted octanol–water partition coefficient (Wildman–Crippen LogP) is 0.289. The van der Waals surface area contributed by atoms with Gasteiger partial charge in [-0.3, -0.25) is 0 Å². The lowest BCUT2D eigenvalue weighted by Crippen LogP contribution is -2.56. The van der Waals surface area contributed by atoms with E-state index in [0.717, 1.165) is 5.57 Å². The summed E-state index contributed by atoms with van der Waals surface area (Å²) in [5.74, 6) is 0. The van der Waals surface area contributed by atoms with E-state index in [1.165, 1.54) is 0 Å². The minimum Gasteiger partial charge on any atom is -0.396 e. The normalized spacial score (nSPS) is 41.7. The molecule has 0 saturated carbocycles. The van der Waals surface area contributed by atoms with E-state index in [1.54, 1.807) is 0 Å². The minimum atomic E-state index is -0.568. The molecule has 1 aliphatic rings. The van der Waals surface area contributed by atoms with E-state index in [1.807, 2.05) is 13.8 Å². The standard InChI is InChI=1S/C9H17NO2/c1-7(2)9(10)6-12-5-8(9,3)4-11/h11H,1,4-6,10H2,2-3H3/t8-,9-/m0/s1. The van der Waals surface area contributed by atoms with E-state index in [9.17, 15) is 5.11 Å². The fourth-order valence-corrected chi connectivity index (χ4v) is 1.57. The first kappa shape index (κ1) is 9.71. The average molecular weight is 171 g/mol. The highest BCUT2D eigenvalue weighted by molar-refractivity contribution is 5.22. The third kappa shape index (κ3) is 1.09. The summed E-state index contributed by atoms with van der Waals surface area (Å²) in [5.41, 5.74) is 6.03. The van der Waals surface area contributed by atoms with E-state index in [2.05, 4.69) is 6.58 Å². The first-order valence-corrected chi connectivity index (χ1v) is 4.10. The summed E-state index contributed by atoms with van der Waals surface area (Å²) < 4.78 is 5.28. The molecule has 0 aromatic rings. The molecule has 3 heteroatoms. The summed E-state index contributed by atoms with van der Waals surface area (Å²) in [6.45, 7) is 8.64. The zero-order valence-electron chi connectivity index (χ0n) is 7.76. The van der Waals surface area contributed by atoms with E-state index >= 15 is 0 Å². The second-order valence-corrected chi connectivity index (χ2v) is 3.96. The third-order valence-electron chi connectivity index (χ3n) is 2.94. The largest absolute Gasteiger partial charge is 0.396 e. The Morgan fingerprint density at radius 2 is 2.25 bits per heavy atom. The van der Waals surface area contributed by atoms with Gasteiger partial charge in [0.15, 0.2) is 0 Å². The molecule has 0 bridgehead atoms. The second kappa shape index (κ2) is 2.83. The van der Waals surface area contributed by atoms with Gasteiger partial charge in [0.05, 0.1) is 25.4 Å². The molecule has 12 heavy (non-hydrogen) atoms. The van der Waals surface area contributed by atoms with Crippen LogP contribution in [0.15, 0.2) is 12.2 Å². The molecule has 0 radical (unpaired) electrons. The molecule has 2 atom stereocenters. The number of nitrogens with two attached hydrogens (primary N) is 1. The van der Waals surface area contributed by atoms with Crippen LogP contribution < -0.4 is 5.73 Å². The maximum Gasteiger partial charge on any atom is 0.0699 e. The Labute approximate surface area is 73.2 Å². The van der Waals surface area contributed by atoms with Gasteiger partial charge in [-0.25, -0.2) is 0 Å². The first-order chi connectivity index (χ1) is 5.46. The predicted molar refractivity (Wildman–Crippen MR) is 47.7 cm³/mol. The van der Waals surface area contributed by atoms with Crippen molar-refractivity contribution < 1.29 is 9.84 Å². The molecule has 1 fully saturated rings. The highest BCUT2D eigenvalue weighted by Gasteiger charge is 2.50. The lowest BCUT2D eigenvalue weighted by Gasteiger charge is -2.37. The number of rotatable bonds is 2. The summed E-state index contributed by atoms with van der Waals surface area (Å²) in [7, 11) is 0. The van der Waals surface area contributed by atoms with Gasteiger partial charge < -0.3 is 15.6 Å². The van der Waals surface area contributed by atoms with Crippen molar-refractivity contribution in [3.8, 4) is 0 Å². The quantitative estimate of drug-likeness (QED) is 0.587. The minimum absolute atomic E-state index is 0.0381. The molecule has 0 spiro atoms. The van der Waals surface area contributed by atoms with Crippen molar-refractivity contribution in [3.63, 3.8) is 0 Å². The van der Waals surface area contributed by atoms with Crippen molar-refractivity contribution in [1.29, 1.82) is 0 Å². The van der Waals surface area contributed by atoms with Gasteiger partial charge in [-0.2, -0.15) is 0 Å². The molecular formula is C9H17NO2. The summed E-state index contributed by atoms with van der Waals surface area (Å²) in [6.07, 6.45) is 0. The van der Waals surface area contributed by atoms with Crippen molar-refractivity contribution in [2.75, 3.05) is 19.8 Å². The van der Waals surface area contributed by atoms with Crippen molar-refractivity contribution in [2.24, 2.45) is 11.1 Å². The number of aliphatic hydroxyl groups is 1. The van der Waals surface area contributed by atoms with Gasteiger partial charge in [-0.05, 0) is 6.92 Å². The van der Waals surface area contributed by atoms with Gasteiger partial charge >= 0.3 is 0 Å². The molecule has 0 amide bonds. The van der Waals surface area contributed by atoms with Crippen molar-refractivity contribution >= 4 is 0 Å². The smallest absolute Gasteiger partial charge is 0.0699 e. The first-order valence-electron chi connectivity index (χ1n) is 4.10. The van der Waals surface area contributed by atoms with Crippen molar-refractivity contribution in [2.45, 2.75) is 19.4 Å². The molecule has 70 valence electrons. The van der Waals surface area contributed by atoms with Crippen LogP contribution in [-0.2, 0) is 4.74 Å². The molecule has 0 aliphatic carbocycles. The van der Waals surface area contributed by atoms with Gasteiger partial charge in [0.25, 0.3) is 0 Å². The molecule has 0 aromatic heterocycles. The fourth-order valence-electron chi connectivity index (χ4n) is 1.57. The molecule has 3 nitrogen and oxygen atoms in total. The van der Waals surface area contributed by atoms with Crippen LogP contribution in [0.25, 0.3) is 0 Å². The SMILES string of the molecule is C=C(C)[C@@]1(N)COC[C@]1(C)CO. The lowest BCUT2D eigenvalue weighted by atomic mass is 9.71. The molecule has 1 aliphatic heterocycles. The van der Waals surface area contributed by atoms with Crippen LogP contribution in [0.2, 0.25) is 0 Å². The Morgan fingerprint density at radius 3 is 2.58 bits per heavy atom. The van der Waals surface area contributed by atoms with E-state index in [0.29, 0.717) is 13.2 Å². The maximum absolute atomic E-state index is 9.21. The van der Waals surface area contributed by atoms with Gasteiger partial charge in [-0.15, -0.1) is 0 Å². The molecule has 3 N–H and O–H groups in total. The molecule has 1 saturated heterocycles. The number of aliphatic hydroxyl groups excluding tert-OH is 1. The molecular weight excluding hydrogens is 154 g/mol. The Bertz CT molecular complexity index is 205. The summed E-state index contributed by atoms with van der Waals surface area (Å²) >= 11 is 0. The Balaban J connectivity index is 2.96. The van der Waals surface area contributed by atoms with Crippen LogP contribution in [0, 0.1) is 5.41 Å². The Hall–Kier alpha value is -0.380. The van der Waals surface area contributed by atoms with E-state index in [-0.39, 0.29) is 12.0 Å². The van der Waals surface area contributed by atoms with Crippen molar-refractivity contribution in [1.82, 2.24) is 0 Å². The van der Waals surface area contributed by atoms with Crippen LogP contribution >= 0.6 is 0 Å². The Morgan fingerprint density at radius 1 is 1.67 bits per heavy atom. The van der Waals surface area contributed by atoms with E-state index in [4.69, 9.17) is 10.5 Å². The Kier molecular flexibility index (Phi) is 2.29. The highest BCUT2D eigenvalue weighted by Crippen LogP contribution is 2.39. The highest BCUT2D eigenvalue weighted by atomic mass is 16.5. The third-order valence-corrected chi connectivity index (χ3v) is 2.94. The molecule has 1 rings (SSSR count). The van der Waals surface area contributed by atoms with Gasteiger partial charge in [0.1, 0.15) is 0 Å². The zero-order valence-corrected chi connectivity index (χ0v) is 7.76. The van der Waals surface area contributed by atoms with Gasteiger partial charge in [0, 0.05) is 5.41 Å². The number of hydrogen-bond acceptors (Lipinski definition) is 3. The average Bonchev–Trinajstić information content (AvgIpc) is 2.31. The summed E-state index contributed by atoms with van der Waals surface area (Å²) in [4.78, 5) is 0. The second-order valence-electron chi connectivity index (χ2n) is 3.96. The van der Waals surface area contributed by atoms with Gasteiger partial charge in [-0.1, -0.05) is 19.1 Å². The lowest BCUT2D eigenvalue weighted by molar-refractivity contribution is 0.0917. The topological polar surface area (TPSA) is 55.5 Å². The molecule has 1 heterocycles. The number of ether oxygens (including phenoxy) is 1. The van der Waals surface area contributed by atoms with Crippen LogP contribution in [-0.4, -0.2) is 30.5 Å². The summed E-state index contributed by atoms with van der Waals surface area (Å²) in [6, 6.07) is 0. The van der Waals surface area contributed by atoms with Crippen LogP contribution in [0.5, 0.6) is 0 Å². The van der Waals surface area contributed by atoms with Crippen LogP contribution in [0.3, 0.4) is 0 Å². The zero-order chi connectivity index (χ0) is 9.41. The van der Waals surface area contributed by atoms with Crippen LogP contribution in [0.4, 0.5) is 0 Å². The number of hydrogen-bond donors (Lipinski definition) is 2. The van der Waals surface area contributed by atoms with Crippen LogP contribution in [0.1, 0.15) is 13.8 Å². The van der Waals surface area contributed by atoms with Gasteiger partial charge in [0.2, 0.25) is 0 Å². The fraction of sp³-hybridized carbons (Fsp3) is 0.778. The molecule has 0 unspecified atom stereocenters. The van der Waals surface area contributed by atoms with E-state index < -0.39 is 5.54 Å².